The zero-order valence-corrected chi connectivity index (χ0v) is 38.0. The number of carbonyl (C=O) groups excluding carboxylic acids is 4. The Hall–Kier alpha value is -2.58. The summed E-state index contributed by atoms with van der Waals surface area (Å²) in [6, 6.07) is -0.477. The molecule has 0 radical (unpaired) electrons. The second kappa shape index (κ2) is 21.2. The monoisotopic (exact) mass is 859 g/mol. The number of aliphatic hydroxyl groups excluding tert-OH is 2. The summed E-state index contributed by atoms with van der Waals surface area (Å²) >= 11 is 0. The molecule has 0 saturated carbocycles. The SMILES string of the molecule is CCOC(=O)C=CC(=O)OC1C(OC2C(C)C(OC3CC(C)(OC)C(O)C(C)O3)C(C)C(=O)OC(CC)C(C)(O)C(O)C(C)C(=O)C(C)CC2(C)O)OC(C)CC1N(C)C. The maximum absolute atomic E-state index is 14.3. The van der Waals surface area contributed by atoms with Crippen LogP contribution in [0.1, 0.15) is 102 Å². The summed E-state index contributed by atoms with van der Waals surface area (Å²) in [5.41, 5.74) is -5.08. The minimum absolute atomic E-state index is 0.0366. The van der Waals surface area contributed by atoms with Gasteiger partial charge in [-0.25, -0.2) is 9.59 Å². The van der Waals surface area contributed by atoms with Crippen LogP contribution < -0.4 is 0 Å². The third-order valence-corrected chi connectivity index (χ3v) is 12.7. The number of nitrogens with zero attached hydrogens (tertiary/aromatic N) is 1. The van der Waals surface area contributed by atoms with E-state index in [0.717, 1.165) is 12.2 Å². The molecule has 0 spiro atoms. The molecular weight excluding hydrogens is 786 g/mol. The fourth-order valence-corrected chi connectivity index (χ4v) is 9.02. The zero-order chi connectivity index (χ0) is 45.7. The zero-order valence-electron chi connectivity index (χ0n) is 38.0. The number of ether oxygens (including phenoxy) is 8. The van der Waals surface area contributed by atoms with Crippen LogP contribution >= 0.6 is 0 Å². The first-order valence-corrected chi connectivity index (χ1v) is 21.2. The first-order chi connectivity index (χ1) is 27.8. The van der Waals surface area contributed by atoms with Crippen LogP contribution in [0, 0.1) is 23.7 Å². The normalized spacial score (nSPS) is 44.0. The third kappa shape index (κ3) is 12.1. The topological polar surface area (TPSA) is 226 Å². The molecular formula is C43H73NO16. The molecule has 4 N–H and O–H groups in total. The number of methoxy groups -OCH3 is 1. The van der Waals surface area contributed by atoms with Gasteiger partial charge in [0.15, 0.2) is 18.7 Å². The number of hydrogen-bond donors (Lipinski definition) is 4. The maximum Gasteiger partial charge on any atom is 0.331 e. The molecule has 3 saturated heterocycles. The van der Waals surface area contributed by atoms with E-state index in [1.807, 2.05) is 11.8 Å². The number of Topliss-reactive ketones (excluding diaryl/α,β-unsaturated/α-hetero) is 1. The van der Waals surface area contributed by atoms with Crippen LogP contribution in [-0.4, -0.2) is 161 Å². The number of esters is 3. The first kappa shape index (κ1) is 51.8. The number of aliphatic hydroxyl groups is 4. The molecule has 3 aliphatic rings. The van der Waals surface area contributed by atoms with Gasteiger partial charge in [-0.2, -0.15) is 0 Å². The summed E-state index contributed by atoms with van der Waals surface area (Å²) in [5, 5.41) is 46.8. The van der Waals surface area contributed by atoms with Gasteiger partial charge in [0, 0.05) is 43.4 Å². The van der Waals surface area contributed by atoms with Gasteiger partial charge >= 0.3 is 17.9 Å². The van der Waals surface area contributed by atoms with Gasteiger partial charge in [-0.3, -0.25) is 9.59 Å². The second-order valence-electron chi connectivity index (χ2n) is 18.0. The van der Waals surface area contributed by atoms with E-state index in [4.69, 9.17) is 37.9 Å². The largest absolute Gasteiger partial charge is 0.463 e. The summed E-state index contributed by atoms with van der Waals surface area (Å²) in [6.45, 7) is 17.7. The molecule has 0 bridgehead atoms. The summed E-state index contributed by atoms with van der Waals surface area (Å²) in [7, 11) is 5.05. The molecule has 17 nitrogen and oxygen atoms in total. The van der Waals surface area contributed by atoms with E-state index in [0.29, 0.717) is 6.42 Å². The Balaban J connectivity index is 2.24. The fourth-order valence-electron chi connectivity index (χ4n) is 9.02. The van der Waals surface area contributed by atoms with Gasteiger partial charge in [-0.15, -0.1) is 0 Å². The van der Waals surface area contributed by atoms with Gasteiger partial charge in [0.25, 0.3) is 0 Å². The average Bonchev–Trinajstić information content (AvgIpc) is 3.17. The van der Waals surface area contributed by atoms with E-state index < -0.39 is 132 Å². The summed E-state index contributed by atoms with van der Waals surface area (Å²) in [4.78, 5) is 55.4. The van der Waals surface area contributed by atoms with Gasteiger partial charge in [-0.1, -0.05) is 27.7 Å². The van der Waals surface area contributed by atoms with Crippen LogP contribution in [-0.2, 0) is 57.1 Å². The predicted octanol–water partition coefficient (Wildman–Crippen LogP) is 2.46. The van der Waals surface area contributed by atoms with Crippen molar-refractivity contribution in [1.29, 1.82) is 0 Å². The summed E-state index contributed by atoms with van der Waals surface area (Å²) in [5.74, 6) is -7.06. The standard InChI is InChI=1S/C43H73NO16/c1-15-29-43(11,52)36(48)24(5)33(47)22(3)20-41(9,51)38(25(6)34(26(7)39(50)57-29)59-32-21-42(10,53-14)37(49)27(8)56-32)60-40-35(28(44(12)13)19-23(4)55-40)58-31(46)18-17-30(45)54-16-2/h17-18,22-29,32,34-38,40,48-49,51-52H,15-16,19-21H2,1-14H3. The first-order valence-electron chi connectivity index (χ1n) is 21.2. The number of carbonyl (C=O) groups is 4. The highest BCUT2D eigenvalue weighted by molar-refractivity contribution is 5.91. The molecule has 0 aromatic rings. The average molecular weight is 860 g/mol. The van der Waals surface area contributed by atoms with Gasteiger partial charge in [0.2, 0.25) is 0 Å². The minimum atomic E-state index is -2.05. The Kier molecular flexibility index (Phi) is 18.3. The number of ketones is 1. The number of likely N-dealkylation sites (N-methyl/N-ethyl adjacent to an activating group) is 1. The Labute approximate surface area is 355 Å². The van der Waals surface area contributed by atoms with Gasteiger partial charge in [-0.05, 0) is 81.8 Å². The molecule has 17 heteroatoms. The highest BCUT2D eigenvalue weighted by atomic mass is 16.7. The smallest absolute Gasteiger partial charge is 0.331 e. The van der Waals surface area contributed by atoms with Crippen molar-refractivity contribution in [2.24, 2.45) is 23.7 Å². The lowest BCUT2D eigenvalue weighted by atomic mass is 9.74. The van der Waals surface area contributed by atoms with E-state index in [-0.39, 0.29) is 25.9 Å². The molecule has 3 fully saturated rings. The van der Waals surface area contributed by atoms with Crippen LogP contribution in [0.2, 0.25) is 0 Å². The summed E-state index contributed by atoms with van der Waals surface area (Å²) < 4.78 is 48.5. The lowest BCUT2D eigenvalue weighted by molar-refractivity contribution is -0.318. The summed E-state index contributed by atoms with van der Waals surface area (Å²) in [6.07, 6.45) is -8.97. The second-order valence-corrected chi connectivity index (χ2v) is 18.0. The van der Waals surface area contributed by atoms with E-state index >= 15 is 0 Å². The van der Waals surface area contributed by atoms with Crippen LogP contribution in [0.25, 0.3) is 0 Å². The van der Waals surface area contributed by atoms with Crippen molar-refractivity contribution < 1.29 is 77.5 Å². The Bertz CT molecular complexity index is 1490. The van der Waals surface area contributed by atoms with E-state index in [1.165, 1.54) is 27.9 Å². The molecule has 3 aliphatic heterocycles. The molecule has 346 valence electrons. The highest BCUT2D eigenvalue weighted by Crippen LogP contribution is 2.41. The molecule has 0 aliphatic carbocycles. The molecule has 3 heterocycles. The van der Waals surface area contributed by atoms with Crippen molar-refractivity contribution in [3.63, 3.8) is 0 Å². The molecule has 0 aromatic heterocycles. The fraction of sp³-hybridized carbons (Fsp3) is 0.860. The Morgan fingerprint density at radius 2 is 1.48 bits per heavy atom. The van der Waals surface area contributed by atoms with Crippen LogP contribution in [0.4, 0.5) is 0 Å². The van der Waals surface area contributed by atoms with Crippen molar-refractivity contribution in [3.05, 3.63) is 12.2 Å². The number of hydrogen-bond acceptors (Lipinski definition) is 17. The molecule has 18 atom stereocenters. The Morgan fingerprint density at radius 3 is 2.05 bits per heavy atom. The van der Waals surface area contributed by atoms with E-state index in [1.54, 1.807) is 62.6 Å². The quantitative estimate of drug-likeness (QED) is 0.133. The highest BCUT2D eigenvalue weighted by Gasteiger charge is 2.54. The molecule has 18 unspecified atom stereocenters. The number of cyclic esters (lactones) is 1. The number of rotatable bonds is 11. The lowest BCUT2D eigenvalue weighted by Gasteiger charge is -2.49. The van der Waals surface area contributed by atoms with Crippen LogP contribution in [0.15, 0.2) is 12.2 Å². The molecule has 3 rings (SSSR count). The van der Waals surface area contributed by atoms with Crippen molar-refractivity contribution in [1.82, 2.24) is 4.90 Å². The van der Waals surface area contributed by atoms with Crippen molar-refractivity contribution in [2.45, 2.75) is 186 Å². The Morgan fingerprint density at radius 1 is 0.867 bits per heavy atom. The molecule has 0 amide bonds. The predicted molar refractivity (Wildman–Crippen MR) is 216 cm³/mol. The van der Waals surface area contributed by atoms with Gasteiger partial charge < -0.3 is 63.2 Å². The van der Waals surface area contributed by atoms with Crippen molar-refractivity contribution in [3.8, 4) is 0 Å². The van der Waals surface area contributed by atoms with Gasteiger partial charge in [0.05, 0.1) is 60.3 Å². The lowest BCUT2D eigenvalue weighted by Crippen LogP contribution is -2.61. The van der Waals surface area contributed by atoms with Crippen molar-refractivity contribution >= 4 is 23.7 Å². The third-order valence-electron chi connectivity index (χ3n) is 12.7. The minimum Gasteiger partial charge on any atom is -0.463 e. The van der Waals surface area contributed by atoms with Gasteiger partial charge in [0.1, 0.15) is 23.6 Å². The van der Waals surface area contributed by atoms with E-state index in [2.05, 4.69) is 0 Å². The van der Waals surface area contributed by atoms with Crippen molar-refractivity contribution in [2.75, 3.05) is 27.8 Å². The molecule has 60 heavy (non-hydrogen) atoms. The molecule has 0 aromatic carbocycles. The maximum atomic E-state index is 14.3. The van der Waals surface area contributed by atoms with E-state index in [9.17, 15) is 39.6 Å². The van der Waals surface area contributed by atoms with Crippen LogP contribution in [0.5, 0.6) is 0 Å². The van der Waals surface area contributed by atoms with Crippen LogP contribution in [0.3, 0.4) is 0 Å².